The van der Waals surface area contributed by atoms with Crippen LogP contribution in [0.5, 0.6) is 5.75 Å². The van der Waals surface area contributed by atoms with Crippen LogP contribution in [0.3, 0.4) is 0 Å². The molecule has 0 aliphatic carbocycles. The van der Waals surface area contributed by atoms with Crippen molar-refractivity contribution in [2.75, 3.05) is 32.8 Å². The van der Waals surface area contributed by atoms with Crippen LogP contribution >= 0.6 is 0 Å². The van der Waals surface area contributed by atoms with Gasteiger partial charge in [0.05, 0.1) is 11.3 Å². The number of esters is 1. The number of aromatic hydroxyl groups is 1. The molecule has 1 aliphatic heterocycles. The lowest BCUT2D eigenvalue weighted by Gasteiger charge is -2.33. The first kappa shape index (κ1) is 20.8. The van der Waals surface area contributed by atoms with Crippen molar-refractivity contribution >= 4 is 21.9 Å². The molecule has 1 N–H and O–H groups in total. The topological polar surface area (TPSA) is 104 Å². The highest BCUT2D eigenvalue weighted by Gasteiger charge is 2.29. The lowest BCUT2D eigenvalue weighted by atomic mass is 10.2. The van der Waals surface area contributed by atoms with Gasteiger partial charge in [0, 0.05) is 26.2 Å². The number of phenols is 1. The summed E-state index contributed by atoms with van der Waals surface area (Å²) >= 11 is 0. The second-order valence-electron chi connectivity index (χ2n) is 6.65. The van der Waals surface area contributed by atoms with E-state index in [-0.39, 0.29) is 43.2 Å². The number of carbonyl (C=O) groups is 2. The average molecular weight is 418 g/mol. The maximum atomic E-state index is 12.6. The number of hydrogen-bond acceptors (Lipinski definition) is 6. The summed E-state index contributed by atoms with van der Waals surface area (Å²) in [7, 11) is -3.47. The van der Waals surface area contributed by atoms with Crippen LogP contribution in [0, 0.1) is 0 Å². The van der Waals surface area contributed by atoms with E-state index in [1.54, 1.807) is 24.3 Å². The predicted molar refractivity (Wildman–Crippen MR) is 106 cm³/mol. The van der Waals surface area contributed by atoms with E-state index in [1.807, 2.05) is 6.07 Å². The number of phenolic OH excluding ortho intramolecular Hbond substituents is 1. The van der Waals surface area contributed by atoms with E-state index < -0.39 is 28.5 Å². The molecule has 2 aromatic carbocycles. The second-order valence-corrected chi connectivity index (χ2v) is 8.62. The van der Waals surface area contributed by atoms with Gasteiger partial charge in [0.1, 0.15) is 5.75 Å². The number of carbonyl (C=O) groups excluding carboxylic acids is 2. The zero-order chi connectivity index (χ0) is 20.9. The largest absolute Gasteiger partial charge is 0.508 e. The minimum atomic E-state index is -3.47. The Hall–Kier alpha value is -2.91. The third kappa shape index (κ3) is 5.55. The Morgan fingerprint density at radius 1 is 0.966 bits per heavy atom. The van der Waals surface area contributed by atoms with Gasteiger partial charge in [0.15, 0.2) is 6.61 Å². The third-order valence-electron chi connectivity index (χ3n) is 4.59. The van der Waals surface area contributed by atoms with Crippen LogP contribution in [-0.2, 0) is 25.3 Å². The van der Waals surface area contributed by atoms with Gasteiger partial charge >= 0.3 is 5.97 Å². The first-order valence-corrected chi connectivity index (χ1v) is 10.7. The van der Waals surface area contributed by atoms with Crippen molar-refractivity contribution in [1.29, 1.82) is 0 Å². The van der Waals surface area contributed by atoms with Gasteiger partial charge in [0.2, 0.25) is 10.0 Å². The molecule has 2 aromatic rings. The number of nitrogens with zero attached hydrogens (tertiary/aromatic N) is 2. The predicted octanol–water partition coefficient (Wildman–Crippen LogP) is 1.22. The summed E-state index contributed by atoms with van der Waals surface area (Å²) in [4.78, 5) is 25.7. The molecule has 1 fully saturated rings. The molecule has 0 bridgehead atoms. The van der Waals surface area contributed by atoms with Gasteiger partial charge in [-0.05, 0) is 23.8 Å². The van der Waals surface area contributed by atoms with Gasteiger partial charge in [-0.3, -0.25) is 4.79 Å². The number of amides is 1. The maximum Gasteiger partial charge on any atom is 0.338 e. The van der Waals surface area contributed by atoms with Gasteiger partial charge in [-0.15, -0.1) is 0 Å². The summed E-state index contributed by atoms with van der Waals surface area (Å²) in [5.41, 5.74) is 0.861. The zero-order valence-corrected chi connectivity index (χ0v) is 16.5. The van der Waals surface area contributed by atoms with Crippen LogP contribution in [-0.4, -0.2) is 67.4 Å². The standard InChI is InChI=1S/C20H22N2O6S/c23-18-8-4-7-17(13-18)20(25)28-14-19(24)21-9-11-22(12-10-21)29(26,27)15-16-5-2-1-3-6-16/h1-8,13,23H,9-12,14-15H2. The highest BCUT2D eigenvalue weighted by molar-refractivity contribution is 7.88. The molecular weight excluding hydrogens is 396 g/mol. The van der Waals surface area contributed by atoms with Crippen LogP contribution in [0.4, 0.5) is 0 Å². The van der Waals surface area contributed by atoms with Gasteiger partial charge in [-0.2, -0.15) is 4.31 Å². The lowest BCUT2D eigenvalue weighted by molar-refractivity contribution is -0.135. The van der Waals surface area contributed by atoms with Crippen molar-refractivity contribution in [2.24, 2.45) is 0 Å². The number of rotatable bonds is 6. The van der Waals surface area contributed by atoms with E-state index in [9.17, 15) is 23.1 Å². The zero-order valence-electron chi connectivity index (χ0n) is 15.7. The molecule has 1 amide bonds. The number of sulfonamides is 1. The number of hydrogen-bond donors (Lipinski definition) is 1. The molecule has 29 heavy (non-hydrogen) atoms. The summed E-state index contributed by atoms with van der Waals surface area (Å²) in [5.74, 6) is -1.25. The van der Waals surface area contributed by atoms with Gasteiger partial charge in [-0.25, -0.2) is 13.2 Å². The first-order chi connectivity index (χ1) is 13.8. The summed E-state index contributed by atoms with van der Waals surface area (Å²) in [6.45, 7) is 0.418. The fourth-order valence-electron chi connectivity index (χ4n) is 3.03. The van der Waals surface area contributed by atoms with Crippen molar-refractivity contribution in [1.82, 2.24) is 9.21 Å². The molecule has 3 rings (SSSR count). The molecule has 0 atom stereocenters. The number of benzene rings is 2. The highest BCUT2D eigenvalue weighted by Crippen LogP contribution is 2.15. The number of piperazine rings is 1. The van der Waals surface area contributed by atoms with Crippen molar-refractivity contribution in [3.63, 3.8) is 0 Å². The first-order valence-electron chi connectivity index (χ1n) is 9.11. The molecule has 9 heteroatoms. The van der Waals surface area contributed by atoms with E-state index in [0.29, 0.717) is 5.56 Å². The summed E-state index contributed by atoms with van der Waals surface area (Å²) in [6.07, 6.45) is 0. The van der Waals surface area contributed by atoms with E-state index in [1.165, 1.54) is 33.5 Å². The molecule has 0 spiro atoms. The Bertz CT molecular complexity index is 969. The monoisotopic (exact) mass is 418 g/mol. The fraction of sp³-hybridized carbons (Fsp3) is 0.300. The Labute approximate surface area is 169 Å². The van der Waals surface area contributed by atoms with E-state index in [4.69, 9.17) is 4.74 Å². The van der Waals surface area contributed by atoms with Crippen molar-refractivity contribution in [2.45, 2.75) is 5.75 Å². The molecular formula is C20H22N2O6S. The minimum absolute atomic E-state index is 0.0707. The average Bonchev–Trinajstić information content (AvgIpc) is 2.72. The number of ether oxygens (including phenoxy) is 1. The van der Waals surface area contributed by atoms with Crippen molar-refractivity contribution in [3.05, 3.63) is 65.7 Å². The van der Waals surface area contributed by atoms with Gasteiger partial charge in [-0.1, -0.05) is 36.4 Å². The molecule has 8 nitrogen and oxygen atoms in total. The molecule has 0 aromatic heterocycles. The van der Waals surface area contributed by atoms with Crippen LogP contribution < -0.4 is 0 Å². The van der Waals surface area contributed by atoms with E-state index in [2.05, 4.69) is 0 Å². The molecule has 0 radical (unpaired) electrons. The van der Waals surface area contributed by atoms with Crippen LogP contribution in [0.1, 0.15) is 15.9 Å². The van der Waals surface area contributed by atoms with E-state index in [0.717, 1.165) is 0 Å². The van der Waals surface area contributed by atoms with Gasteiger partial charge in [0.25, 0.3) is 5.91 Å². The molecule has 1 heterocycles. The quantitative estimate of drug-likeness (QED) is 0.708. The summed E-state index contributed by atoms with van der Waals surface area (Å²) < 4.78 is 31.5. The lowest BCUT2D eigenvalue weighted by Crippen LogP contribution is -2.51. The van der Waals surface area contributed by atoms with Crippen molar-refractivity contribution in [3.8, 4) is 5.75 Å². The Kier molecular flexibility index (Phi) is 6.50. The Morgan fingerprint density at radius 3 is 2.31 bits per heavy atom. The van der Waals surface area contributed by atoms with Crippen LogP contribution in [0.15, 0.2) is 54.6 Å². The molecule has 1 aliphatic rings. The fourth-order valence-corrected chi connectivity index (χ4v) is 4.54. The van der Waals surface area contributed by atoms with Gasteiger partial charge < -0.3 is 14.7 Å². The van der Waals surface area contributed by atoms with Crippen molar-refractivity contribution < 1.29 is 27.9 Å². The third-order valence-corrected chi connectivity index (χ3v) is 6.44. The highest BCUT2D eigenvalue weighted by atomic mass is 32.2. The minimum Gasteiger partial charge on any atom is -0.508 e. The smallest absolute Gasteiger partial charge is 0.338 e. The summed E-state index contributed by atoms with van der Waals surface area (Å²) in [6, 6.07) is 14.6. The molecule has 1 saturated heterocycles. The molecule has 154 valence electrons. The molecule has 0 unspecified atom stereocenters. The normalized spacial score (nSPS) is 15.1. The molecule has 0 saturated carbocycles. The Balaban J connectivity index is 1.48. The van der Waals surface area contributed by atoms with Crippen LogP contribution in [0.25, 0.3) is 0 Å². The maximum absolute atomic E-state index is 12.6. The van der Waals surface area contributed by atoms with Crippen LogP contribution in [0.2, 0.25) is 0 Å². The SMILES string of the molecule is O=C(OCC(=O)N1CCN(S(=O)(=O)Cc2ccccc2)CC1)c1cccc(O)c1. The summed E-state index contributed by atoms with van der Waals surface area (Å²) in [5, 5.41) is 9.39. The van der Waals surface area contributed by atoms with E-state index >= 15 is 0 Å². The second kappa shape index (κ2) is 9.06. The Morgan fingerprint density at radius 2 is 1.66 bits per heavy atom.